The third kappa shape index (κ3) is 6.18. The first-order valence-corrected chi connectivity index (χ1v) is 13.6. The number of nitrogens with two attached hydrogens (primary N) is 1. The Labute approximate surface area is 243 Å². The normalized spacial score (nSPS) is 10.9. The van der Waals surface area contributed by atoms with Crippen molar-refractivity contribution in [1.29, 1.82) is 0 Å². The summed E-state index contributed by atoms with van der Waals surface area (Å²) in [5.41, 5.74) is 6.95. The monoisotopic (exact) mass is 589 g/mol. The quantitative estimate of drug-likeness (QED) is 0.249. The van der Waals surface area contributed by atoms with Crippen LogP contribution in [0.2, 0.25) is 4.34 Å². The molecule has 0 saturated carbocycles. The van der Waals surface area contributed by atoms with E-state index in [-0.39, 0.29) is 27.9 Å². The molecule has 0 aliphatic carbocycles. The smallest absolute Gasteiger partial charge is 0.280 e. The van der Waals surface area contributed by atoms with Crippen LogP contribution in [0.3, 0.4) is 0 Å². The van der Waals surface area contributed by atoms with Crippen molar-refractivity contribution < 1.29 is 14.3 Å². The number of nitrogens with one attached hydrogen (secondary N) is 1. The van der Waals surface area contributed by atoms with E-state index in [1.54, 1.807) is 41.4 Å². The summed E-state index contributed by atoms with van der Waals surface area (Å²) in [6, 6.07) is 14.8. The van der Waals surface area contributed by atoms with Crippen LogP contribution in [-0.4, -0.2) is 43.5 Å². The molecular weight excluding hydrogens is 566 g/mol. The van der Waals surface area contributed by atoms with Gasteiger partial charge in [0.1, 0.15) is 22.8 Å². The lowest BCUT2D eigenvalue weighted by atomic mass is 10.1. The highest BCUT2D eigenvalue weighted by molar-refractivity contribution is 7.16. The number of ether oxygens (including phenoxy) is 1. The van der Waals surface area contributed by atoms with E-state index in [4.69, 9.17) is 22.1 Å². The molecule has 4 heterocycles. The lowest BCUT2D eigenvalue weighted by Crippen LogP contribution is -2.23. The van der Waals surface area contributed by atoms with Crippen molar-refractivity contribution in [1.82, 2.24) is 24.5 Å². The minimum Gasteiger partial charge on any atom is -0.496 e. The molecular formula is C28H24ClN7O4S. The predicted octanol–water partition coefficient (Wildman–Crippen LogP) is 3.87. The summed E-state index contributed by atoms with van der Waals surface area (Å²) in [5.74, 6) is -0.404. The number of nitrogens with zero attached hydrogens (tertiary/aromatic N) is 5. The lowest BCUT2D eigenvalue weighted by molar-refractivity contribution is 0.0945. The van der Waals surface area contributed by atoms with Gasteiger partial charge in [0.15, 0.2) is 0 Å². The molecule has 0 unspecified atom stereocenters. The number of halogens is 1. The number of anilines is 1. The van der Waals surface area contributed by atoms with Crippen LogP contribution in [0, 0.1) is 0 Å². The fraction of sp³-hybridized carbons (Fsp3) is 0.143. The van der Waals surface area contributed by atoms with Crippen LogP contribution in [0.1, 0.15) is 31.2 Å². The zero-order valence-electron chi connectivity index (χ0n) is 21.8. The van der Waals surface area contributed by atoms with Crippen LogP contribution in [0.25, 0.3) is 11.3 Å². The van der Waals surface area contributed by atoms with Crippen LogP contribution in [0.15, 0.2) is 78.0 Å². The Morgan fingerprint density at radius 3 is 2.51 bits per heavy atom. The number of methoxy groups -OCH3 is 1. The Morgan fingerprint density at radius 1 is 1.07 bits per heavy atom. The van der Waals surface area contributed by atoms with E-state index >= 15 is 0 Å². The minimum atomic E-state index is -0.602. The molecule has 4 aromatic heterocycles. The van der Waals surface area contributed by atoms with Gasteiger partial charge in [-0.1, -0.05) is 11.6 Å². The number of aromatic nitrogens is 5. The van der Waals surface area contributed by atoms with E-state index < -0.39 is 11.8 Å². The van der Waals surface area contributed by atoms with Crippen LogP contribution < -0.4 is 21.3 Å². The molecule has 1 aromatic carbocycles. The summed E-state index contributed by atoms with van der Waals surface area (Å²) in [6.07, 6.45) is 5.46. The SMILES string of the molecule is COc1ccn(CCc2ccnnc2)c(=O)c1-c1cc(NCc2ccc(Cl)s2)n(C(=O)c2ccc(C(N)=O)cc2)n1. The maximum Gasteiger partial charge on any atom is 0.280 e. The second-order valence-electron chi connectivity index (χ2n) is 8.89. The third-order valence-electron chi connectivity index (χ3n) is 6.28. The van der Waals surface area contributed by atoms with E-state index in [1.807, 2.05) is 12.1 Å². The van der Waals surface area contributed by atoms with Gasteiger partial charge in [-0.3, -0.25) is 14.4 Å². The van der Waals surface area contributed by atoms with Crippen molar-refractivity contribution in [3.8, 4) is 17.0 Å². The molecule has 0 aliphatic rings. The van der Waals surface area contributed by atoms with Crippen molar-refractivity contribution in [2.24, 2.45) is 5.73 Å². The summed E-state index contributed by atoms with van der Waals surface area (Å²) >= 11 is 7.48. The van der Waals surface area contributed by atoms with E-state index in [9.17, 15) is 14.4 Å². The molecule has 5 rings (SSSR count). The zero-order valence-corrected chi connectivity index (χ0v) is 23.4. The summed E-state index contributed by atoms with van der Waals surface area (Å²) in [6.45, 7) is 0.754. The van der Waals surface area contributed by atoms with Gasteiger partial charge < -0.3 is 20.4 Å². The maximum atomic E-state index is 13.7. The number of hydrogen-bond donors (Lipinski definition) is 2. The van der Waals surface area contributed by atoms with Gasteiger partial charge in [-0.05, 0) is 60.5 Å². The van der Waals surface area contributed by atoms with E-state index in [2.05, 4.69) is 20.6 Å². The molecule has 41 heavy (non-hydrogen) atoms. The Kier molecular flexibility index (Phi) is 8.22. The molecule has 5 aromatic rings. The number of pyridine rings is 1. The van der Waals surface area contributed by atoms with Crippen LogP contribution in [0.5, 0.6) is 5.75 Å². The maximum absolute atomic E-state index is 13.7. The number of carbonyl (C=O) groups excluding carboxylic acids is 2. The molecule has 0 fully saturated rings. The predicted molar refractivity (Wildman–Crippen MR) is 156 cm³/mol. The first-order chi connectivity index (χ1) is 19.8. The summed E-state index contributed by atoms with van der Waals surface area (Å²) in [5, 5.41) is 15.4. The lowest BCUT2D eigenvalue weighted by Gasteiger charge is -2.11. The van der Waals surface area contributed by atoms with Crippen molar-refractivity contribution in [2.45, 2.75) is 19.5 Å². The number of carbonyl (C=O) groups is 2. The number of primary amides is 1. The van der Waals surface area contributed by atoms with Gasteiger partial charge in [0.2, 0.25) is 5.91 Å². The standard InChI is InChI=1S/C28H24ClN7O4S/c1-40-22-10-13-35(12-9-17-8-11-32-33-15-17)28(39)25(22)21-14-24(31-16-20-6-7-23(29)41-20)36(34-21)27(38)19-4-2-18(3-5-19)26(30)37/h2-8,10-11,13-15,31H,9,12,16H2,1H3,(H2,30,37). The van der Waals surface area contributed by atoms with E-state index in [1.165, 1.54) is 47.4 Å². The summed E-state index contributed by atoms with van der Waals surface area (Å²) in [7, 11) is 1.47. The first kappa shape index (κ1) is 27.7. The molecule has 208 valence electrons. The van der Waals surface area contributed by atoms with Crippen molar-refractivity contribution in [3.63, 3.8) is 0 Å². The van der Waals surface area contributed by atoms with Gasteiger partial charge in [0.05, 0.1) is 24.2 Å². The van der Waals surface area contributed by atoms with E-state index in [0.29, 0.717) is 35.4 Å². The van der Waals surface area contributed by atoms with Gasteiger partial charge in [0, 0.05) is 41.0 Å². The topological polar surface area (TPSA) is 147 Å². The Morgan fingerprint density at radius 2 is 1.85 bits per heavy atom. The summed E-state index contributed by atoms with van der Waals surface area (Å²) < 4.78 is 8.90. The Bertz CT molecular complexity index is 1760. The van der Waals surface area contributed by atoms with E-state index in [0.717, 1.165) is 10.4 Å². The van der Waals surface area contributed by atoms with Gasteiger partial charge in [-0.2, -0.15) is 20.0 Å². The molecule has 11 nitrogen and oxygen atoms in total. The second kappa shape index (κ2) is 12.1. The van der Waals surface area contributed by atoms with Gasteiger partial charge in [0.25, 0.3) is 11.5 Å². The van der Waals surface area contributed by atoms with Crippen LogP contribution >= 0.6 is 22.9 Å². The Balaban J connectivity index is 1.53. The molecule has 0 saturated heterocycles. The zero-order chi connectivity index (χ0) is 28.9. The molecule has 0 bridgehead atoms. The van der Waals surface area contributed by atoms with Gasteiger partial charge in [-0.15, -0.1) is 11.3 Å². The van der Waals surface area contributed by atoms with Gasteiger partial charge >= 0.3 is 0 Å². The number of amides is 1. The molecule has 0 aliphatic heterocycles. The second-order valence-corrected chi connectivity index (χ2v) is 10.7. The van der Waals surface area contributed by atoms with Crippen LogP contribution in [-0.2, 0) is 19.5 Å². The van der Waals surface area contributed by atoms with Gasteiger partial charge in [-0.25, -0.2) is 0 Å². The van der Waals surface area contributed by atoms with Crippen molar-refractivity contribution in [3.05, 3.63) is 109 Å². The highest BCUT2D eigenvalue weighted by Gasteiger charge is 2.22. The average molecular weight is 590 g/mol. The third-order valence-corrected chi connectivity index (χ3v) is 7.51. The first-order valence-electron chi connectivity index (χ1n) is 12.4. The molecule has 0 atom stereocenters. The molecule has 0 spiro atoms. The van der Waals surface area contributed by atoms with Crippen molar-refractivity contribution >= 4 is 40.6 Å². The minimum absolute atomic E-state index is 0.209. The highest BCUT2D eigenvalue weighted by Crippen LogP contribution is 2.29. The molecule has 1 amide bonds. The number of aryl methyl sites for hydroxylation is 2. The largest absolute Gasteiger partial charge is 0.496 e. The highest BCUT2D eigenvalue weighted by atomic mass is 35.5. The average Bonchev–Trinajstić information content (AvgIpc) is 3.61. The number of rotatable bonds is 10. The number of thiophene rings is 1. The molecule has 3 N–H and O–H groups in total. The van der Waals surface area contributed by atoms with Crippen molar-refractivity contribution in [2.75, 3.05) is 12.4 Å². The summed E-state index contributed by atoms with van der Waals surface area (Å²) in [4.78, 5) is 39.7. The van der Waals surface area contributed by atoms with Crippen LogP contribution in [0.4, 0.5) is 5.82 Å². The number of hydrogen-bond acceptors (Lipinski definition) is 9. The fourth-order valence-electron chi connectivity index (χ4n) is 4.16. The molecule has 13 heteroatoms. The fourth-order valence-corrected chi connectivity index (χ4v) is 5.19. The number of benzene rings is 1. The Hall–Kier alpha value is -4.81. The molecule has 0 radical (unpaired) electrons.